The summed E-state index contributed by atoms with van der Waals surface area (Å²) in [4.78, 5) is 0. The summed E-state index contributed by atoms with van der Waals surface area (Å²) < 4.78 is 30.8. The van der Waals surface area contributed by atoms with Gasteiger partial charge in [0.15, 0.2) is 0 Å². The minimum Gasteiger partial charge on any atom is -0.381 e. The summed E-state index contributed by atoms with van der Waals surface area (Å²) in [6.07, 6.45) is 1.60. The molecule has 1 saturated heterocycles. The van der Waals surface area contributed by atoms with Crippen LogP contribution in [0.1, 0.15) is 12.8 Å². The molecule has 5 nitrogen and oxygen atoms in total. The summed E-state index contributed by atoms with van der Waals surface area (Å²) in [5.41, 5.74) is 0. The number of ether oxygens (including phenoxy) is 1. The average molecular weight is 236 g/mol. The molecule has 6 heteroatoms. The van der Waals surface area contributed by atoms with Crippen molar-refractivity contribution in [1.29, 1.82) is 0 Å². The fourth-order valence-electron chi connectivity index (χ4n) is 1.50. The number of hydrogen-bond acceptors (Lipinski definition) is 4. The predicted molar refractivity (Wildman–Crippen MR) is 59.3 cm³/mol. The third kappa shape index (κ3) is 5.46. The quantitative estimate of drug-likeness (QED) is 0.588. The van der Waals surface area contributed by atoms with Crippen molar-refractivity contribution < 1.29 is 13.2 Å². The van der Waals surface area contributed by atoms with Crippen molar-refractivity contribution >= 4 is 10.0 Å². The van der Waals surface area contributed by atoms with Crippen molar-refractivity contribution in [2.75, 3.05) is 39.1 Å². The van der Waals surface area contributed by atoms with Crippen LogP contribution in [-0.4, -0.2) is 47.5 Å². The molecule has 0 spiro atoms. The van der Waals surface area contributed by atoms with E-state index in [4.69, 9.17) is 4.74 Å². The third-order valence-electron chi connectivity index (χ3n) is 2.46. The Balaban J connectivity index is 2.17. The Morgan fingerprint density at radius 3 is 2.87 bits per heavy atom. The molecule has 1 aliphatic heterocycles. The molecule has 1 atom stereocenters. The Morgan fingerprint density at radius 2 is 2.27 bits per heavy atom. The molecule has 1 fully saturated rings. The molecule has 0 bridgehead atoms. The van der Waals surface area contributed by atoms with Gasteiger partial charge in [-0.3, -0.25) is 0 Å². The molecule has 15 heavy (non-hydrogen) atoms. The van der Waals surface area contributed by atoms with Gasteiger partial charge in [0.05, 0.1) is 12.4 Å². The average Bonchev–Trinajstić information content (AvgIpc) is 2.68. The molecule has 0 aliphatic carbocycles. The van der Waals surface area contributed by atoms with E-state index in [0.29, 0.717) is 25.5 Å². The van der Waals surface area contributed by atoms with E-state index in [1.165, 1.54) is 0 Å². The van der Waals surface area contributed by atoms with Crippen LogP contribution in [0.3, 0.4) is 0 Å². The third-order valence-corrected chi connectivity index (χ3v) is 3.89. The highest BCUT2D eigenvalue weighted by molar-refractivity contribution is 7.89. The lowest BCUT2D eigenvalue weighted by atomic mass is 10.1. The summed E-state index contributed by atoms with van der Waals surface area (Å²) in [5.74, 6) is 0.547. The van der Waals surface area contributed by atoms with Crippen LogP contribution >= 0.6 is 0 Å². The van der Waals surface area contributed by atoms with Crippen LogP contribution in [0.2, 0.25) is 0 Å². The van der Waals surface area contributed by atoms with Gasteiger partial charge in [0.2, 0.25) is 10.0 Å². The van der Waals surface area contributed by atoms with Gasteiger partial charge in [-0.05, 0) is 32.4 Å². The minimum absolute atomic E-state index is 0.196. The highest BCUT2D eigenvalue weighted by atomic mass is 32.2. The fourth-order valence-corrected chi connectivity index (χ4v) is 2.66. The monoisotopic (exact) mass is 236 g/mol. The zero-order chi connectivity index (χ0) is 11.1. The summed E-state index contributed by atoms with van der Waals surface area (Å²) in [6, 6.07) is 0. The molecule has 0 aromatic rings. The first-order chi connectivity index (χ1) is 7.14. The van der Waals surface area contributed by atoms with Crippen LogP contribution in [0.25, 0.3) is 0 Å². The van der Waals surface area contributed by atoms with Crippen molar-refractivity contribution in [2.45, 2.75) is 12.8 Å². The standard InChI is InChI=1S/C9H20N2O3S/c1-10-4-2-6-15(12,13)11-7-9-3-5-14-8-9/h9-11H,2-8H2,1H3. The van der Waals surface area contributed by atoms with Crippen LogP contribution in [0, 0.1) is 5.92 Å². The maximum Gasteiger partial charge on any atom is 0.211 e. The van der Waals surface area contributed by atoms with Crippen molar-refractivity contribution in [1.82, 2.24) is 10.0 Å². The number of hydrogen-bond donors (Lipinski definition) is 2. The summed E-state index contributed by atoms with van der Waals surface area (Å²) in [6.45, 7) is 2.68. The molecule has 0 saturated carbocycles. The molecule has 1 unspecified atom stereocenters. The molecule has 1 heterocycles. The zero-order valence-electron chi connectivity index (χ0n) is 9.16. The van der Waals surface area contributed by atoms with E-state index in [-0.39, 0.29) is 5.75 Å². The van der Waals surface area contributed by atoms with Crippen LogP contribution in [0.5, 0.6) is 0 Å². The molecule has 0 radical (unpaired) electrons. The predicted octanol–water partition coefficient (Wildman–Crippen LogP) is -0.448. The van der Waals surface area contributed by atoms with Crippen LogP contribution in [0.4, 0.5) is 0 Å². The minimum atomic E-state index is -3.09. The maximum atomic E-state index is 11.5. The maximum absolute atomic E-state index is 11.5. The smallest absolute Gasteiger partial charge is 0.211 e. The number of rotatable bonds is 7. The zero-order valence-corrected chi connectivity index (χ0v) is 9.98. The highest BCUT2D eigenvalue weighted by Crippen LogP contribution is 2.10. The van der Waals surface area contributed by atoms with Crippen molar-refractivity contribution in [3.63, 3.8) is 0 Å². The SMILES string of the molecule is CNCCCS(=O)(=O)NCC1CCOC1. The van der Waals surface area contributed by atoms with Gasteiger partial charge in [-0.25, -0.2) is 13.1 Å². The van der Waals surface area contributed by atoms with Crippen LogP contribution < -0.4 is 10.0 Å². The van der Waals surface area contributed by atoms with E-state index in [1.807, 2.05) is 7.05 Å². The molecule has 2 N–H and O–H groups in total. The summed E-state index contributed by atoms with van der Waals surface area (Å²) >= 11 is 0. The Morgan fingerprint density at radius 1 is 1.47 bits per heavy atom. The van der Waals surface area contributed by atoms with Gasteiger partial charge >= 0.3 is 0 Å². The topological polar surface area (TPSA) is 67.4 Å². The first-order valence-electron chi connectivity index (χ1n) is 5.34. The molecular formula is C9H20N2O3S. The summed E-state index contributed by atoms with van der Waals surface area (Å²) in [7, 11) is -1.27. The second-order valence-corrected chi connectivity index (χ2v) is 5.78. The highest BCUT2D eigenvalue weighted by Gasteiger charge is 2.18. The van der Waals surface area contributed by atoms with Gasteiger partial charge in [0.25, 0.3) is 0 Å². The Kier molecular flexibility index (Phi) is 5.52. The van der Waals surface area contributed by atoms with E-state index in [0.717, 1.165) is 19.6 Å². The molecular weight excluding hydrogens is 216 g/mol. The lowest BCUT2D eigenvalue weighted by Gasteiger charge is -2.09. The van der Waals surface area contributed by atoms with Crippen LogP contribution in [0.15, 0.2) is 0 Å². The fraction of sp³-hybridized carbons (Fsp3) is 1.00. The van der Waals surface area contributed by atoms with Gasteiger partial charge in [-0.2, -0.15) is 0 Å². The van der Waals surface area contributed by atoms with Crippen molar-refractivity contribution in [2.24, 2.45) is 5.92 Å². The second-order valence-electron chi connectivity index (χ2n) is 3.85. The van der Waals surface area contributed by atoms with Gasteiger partial charge in [0, 0.05) is 13.2 Å². The lowest BCUT2D eigenvalue weighted by Crippen LogP contribution is -2.32. The van der Waals surface area contributed by atoms with E-state index < -0.39 is 10.0 Å². The normalized spacial score (nSPS) is 22.1. The van der Waals surface area contributed by atoms with E-state index in [9.17, 15) is 8.42 Å². The van der Waals surface area contributed by atoms with E-state index in [1.54, 1.807) is 0 Å². The number of sulfonamides is 1. The lowest BCUT2D eigenvalue weighted by molar-refractivity contribution is 0.186. The summed E-state index contributed by atoms with van der Waals surface area (Å²) in [5, 5.41) is 2.93. The van der Waals surface area contributed by atoms with Gasteiger partial charge in [0.1, 0.15) is 0 Å². The molecule has 0 amide bonds. The Hall–Kier alpha value is -0.170. The molecule has 0 aromatic carbocycles. The van der Waals surface area contributed by atoms with E-state index in [2.05, 4.69) is 10.0 Å². The largest absolute Gasteiger partial charge is 0.381 e. The van der Waals surface area contributed by atoms with Crippen molar-refractivity contribution in [3.05, 3.63) is 0 Å². The molecule has 0 aromatic heterocycles. The molecule has 90 valence electrons. The van der Waals surface area contributed by atoms with Gasteiger partial charge in [-0.15, -0.1) is 0 Å². The molecule has 1 aliphatic rings. The first kappa shape index (κ1) is 12.9. The van der Waals surface area contributed by atoms with Gasteiger partial charge < -0.3 is 10.1 Å². The van der Waals surface area contributed by atoms with Gasteiger partial charge in [-0.1, -0.05) is 0 Å². The van der Waals surface area contributed by atoms with Crippen molar-refractivity contribution in [3.8, 4) is 0 Å². The first-order valence-corrected chi connectivity index (χ1v) is 6.99. The number of nitrogens with one attached hydrogen (secondary N) is 2. The van der Waals surface area contributed by atoms with E-state index >= 15 is 0 Å². The Bertz CT molecular complexity index is 261. The Labute approximate surface area is 91.6 Å². The van der Waals surface area contributed by atoms with Crippen LogP contribution in [-0.2, 0) is 14.8 Å². The molecule has 1 rings (SSSR count). The second kappa shape index (κ2) is 6.42.